The molecule has 2 aromatic carbocycles. The zero-order valence-corrected chi connectivity index (χ0v) is 28.8. The summed E-state index contributed by atoms with van der Waals surface area (Å²) in [6.45, 7) is 2.03. The highest BCUT2D eigenvalue weighted by Crippen LogP contribution is 2.33. The SMILES string of the molecule is CC(=O)C1=NN(c2cc(S(=O)(=O)O)ccc2S(=O)(=O)O)C(=O)/C1=C/C=C/C=C/c1c(C(C)=O)[nH]n(-c2ccc(S(=O)(=O)O)cc2S(=O)(=O)O)c1=O. The van der Waals surface area contributed by atoms with Crippen LogP contribution in [0.5, 0.6) is 0 Å². The summed E-state index contributed by atoms with van der Waals surface area (Å²) in [6.07, 6.45) is 5.53. The Kier molecular flexibility index (Phi) is 10.2. The van der Waals surface area contributed by atoms with E-state index in [1.54, 1.807) is 0 Å². The number of carbonyl (C=O) groups is 3. The Morgan fingerprint density at radius 2 is 1.27 bits per heavy atom. The van der Waals surface area contributed by atoms with Crippen molar-refractivity contribution in [3.05, 3.63) is 87.9 Å². The predicted molar refractivity (Wildman–Crippen MR) is 174 cm³/mol. The maximum Gasteiger partial charge on any atom is 0.296 e. The summed E-state index contributed by atoms with van der Waals surface area (Å²) in [4.78, 5) is 47.3. The fraction of sp³-hybridized carbons (Fsp3) is 0.0741. The topological polar surface area (TPSA) is 322 Å². The molecule has 0 atom stereocenters. The van der Waals surface area contributed by atoms with Crippen LogP contribution in [-0.2, 0) is 50.1 Å². The second kappa shape index (κ2) is 13.5. The van der Waals surface area contributed by atoms with Crippen molar-refractivity contribution in [1.82, 2.24) is 9.78 Å². The quantitative estimate of drug-likeness (QED) is 0.0778. The third-order valence-corrected chi connectivity index (χ3v) is 10.2. The number of H-pyrrole nitrogens is 1. The molecule has 0 spiro atoms. The highest BCUT2D eigenvalue weighted by Gasteiger charge is 2.36. The monoisotopic (exact) mass is 786 g/mol. The van der Waals surface area contributed by atoms with Gasteiger partial charge in [-0.05, 0) is 48.6 Å². The lowest BCUT2D eigenvalue weighted by atomic mass is 10.1. The van der Waals surface area contributed by atoms with Gasteiger partial charge in [-0.15, -0.1) is 0 Å². The fourth-order valence-corrected chi connectivity index (χ4v) is 6.92. The average molecular weight is 787 g/mol. The number of nitrogens with zero attached hydrogens (tertiary/aromatic N) is 3. The lowest BCUT2D eigenvalue weighted by Crippen LogP contribution is -2.24. The molecule has 0 unspecified atom stereocenters. The molecule has 0 radical (unpaired) electrons. The van der Waals surface area contributed by atoms with Crippen LogP contribution in [-0.4, -0.2) is 84.8 Å². The van der Waals surface area contributed by atoms with Crippen LogP contribution in [0.4, 0.5) is 5.69 Å². The Morgan fingerprint density at radius 3 is 1.80 bits per heavy atom. The van der Waals surface area contributed by atoms with Crippen LogP contribution < -0.4 is 10.6 Å². The van der Waals surface area contributed by atoms with Gasteiger partial charge in [0.05, 0.1) is 32.3 Å². The maximum absolute atomic E-state index is 13.3. The summed E-state index contributed by atoms with van der Waals surface area (Å²) < 4.78 is 133. The second-order valence-electron chi connectivity index (χ2n) is 10.2. The first-order valence-electron chi connectivity index (χ1n) is 13.4. The fourth-order valence-electron chi connectivity index (χ4n) is 4.49. The molecule has 2 heterocycles. The number of Topliss-reactive ketones (excluding diaryl/α,β-unsaturated/α-hetero) is 2. The van der Waals surface area contributed by atoms with Gasteiger partial charge in [-0.1, -0.05) is 18.2 Å². The molecule has 3 aromatic rings. The lowest BCUT2D eigenvalue weighted by molar-refractivity contribution is -0.115. The molecule has 1 aromatic heterocycles. The van der Waals surface area contributed by atoms with Gasteiger partial charge in [-0.25, -0.2) is 4.68 Å². The number of hydrogen-bond donors (Lipinski definition) is 5. The van der Waals surface area contributed by atoms with E-state index in [-0.39, 0.29) is 11.3 Å². The molecular weight excluding hydrogens is 765 g/mol. The molecule has 4 rings (SSSR count). The lowest BCUT2D eigenvalue weighted by Gasteiger charge is -2.15. The van der Waals surface area contributed by atoms with Gasteiger partial charge >= 0.3 is 0 Å². The first kappa shape index (κ1) is 38.6. The van der Waals surface area contributed by atoms with E-state index >= 15 is 0 Å². The van der Waals surface area contributed by atoms with E-state index in [0.29, 0.717) is 34.0 Å². The first-order valence-corrected chi connectivity index (χ1v) is 19.1. The van der Waals surface area contributed by atoms with Crippen LogP contribution >= 0.6 is 0 Å². The second-order valence-corrected chi connectivity index (χ2v) is 15.8. The number of amides is 1. The van der Waals surface area contributed by atoms with Crippen LogP contribution in [0, 0.1) is 0 Å². The molecule has 270 valence electrons. The average Bonchev–Trinajstić information content (AvgIpc) is 3.51. The van der Waals surface area contributed by atoms with Gasteiger partial charge in [-0.2, -0.15) is 43.8 Å². The number of aromatic nitrogens is 2. The van der Waals surface area contributed by atoms with Gasteiger partial charge < -0.3 is 0 Å². The number of anilines is 1. The third-order valence-electron chi connectivity index (χ3n) is 6.72. The van der Waals surface area contributed by atoms with E-state index in [1.807, 2.05) is 0 Å². The van der Waals surface area contributed by atoms with E-state index in [9.17, 15) is 71.1 Å². The zero-order valence-electron chi connectivity index (χ0n) is 25.5. The number of nitrogens with one attached hydrogen (secondary N) is 1. The van der Waals surface area contributed by atoms with Crippen LogP contribution in [0.2, 0.25) is 0 Å². The smallest absolute Gasteiger partial charge is 0.293 e. The van der Waals surface area contributed by atoms with Crippen LogP contribution in [0.25, 0.3) is 11.8 Å². The number of aromatic amines is 1. The van der Waals surface area contributed by atoms with E-state index in [1.165, 1.54) is 6.08 Å². The Labute approximate surface area is 287 Å². The molecule has 0 saturated carbocycles. The molecule has 0 aliphatic carbocycles. The van der Waals surface area contributed by atoms with Gasteiger partial charge in [0.2, 0.25) is 0 Å². The summed E-state index contributed by atoms with van der Waals surface area (Å²) in [5.74, 6) is -2.72. The standard InChI is InChI=1S/C27H22N4O16S4/c1-14(32)24-18(26(34)30(28-24)20-10-8-17(49(39,40)41)13-23(20)51(45,46)47)6-4-3-5-7-19-25(15(2)33)29-31(27(19)35)21-12-16(48(36,37)38)9-11-22(21)50(42,43)44/h3-13,28H,1-2H3,(H,36,37,38)(H,39,40,41)(H,42,43,44)(H,45,46,47)/b5-3+,6-4+,19-7+. The minimum Gasteiger partial charge on any atom is -0.293 e. The van der Waals surface area contributed by atoms with Crippen molar-refractivity contribution in [3.8, 4) is 5.69 Å². The van der Waals surface area contributed by atoms with E-state index in [2.05, 4.69) is 10.2 Å². The van der Waals surface area contributed by atoms with Crippen molar-refractivity contribution in [2.45, 2.75) is 33.4 Å². The predicted octanol–water partition coefficient (Wildman–Crippen LogP) is 0.843. The highest BCUT2D eigenvalue weighted by atomic mass is 32.2. The van der Waals surface area contributed by atoms with Gasteiger partial charge in [-0.3, -0.25) is 42.5 Å². The molecule has 0 fully saturated rings. The van der Waals surface area contributed by atoms with E-state index in [0.717, 1.165) is 50.3 Å². The molecule has 20 nitrogen and oxygen atoms in total. The minimum absolute atomic E-state index is 0.314. The molecule has 24 heteroatoms. The van der Waals surface area contributed by atoms with Crippen molar-refractivity contribution in [3.63, 3.8) is 0 Å². The van der Waals surface area contributed by atoms with Crippen molar-refractivity contribution in [2.24, 2.45) is 5.10 Å². The largest absolute Gasteiger partial charge is 0.296 e. The normalized spacial score (nSPS) is 15.3. The molecule has 1 amide bonds. The van der Waals surface area contributed by atoms with Crippen molar-refractivity contribution < 1.29 is 66.3 Å². The number of ketones is 2. The summed E-state index contributed by atoms with van der Waals surface area (Å²) in [6, 6.07) is 3.61. The van der Waals surface area contributed by atoms with Crippen molar-refractivity contribution in [2.75, 3.05) is 5.01 Å². The summed E-state index contributed by atoms with van der Waals surface area (Å²) >= 11 is 0. The van der Waals surface area contributed by atoms with Gasteiger partial charge in [0, 0.05) is 13.8 Å². The minimum atomic E-state index is -5.21. The molecule has 1 aliphatic rings. The Morgan fingerprint density at radius 1 is 0.706 bits per heavy atom. The Hall–Kier alpha value is -5.21. The Balaban J connectivity index is 1.75. The van der Waals surface area contributed by atoms with Crippen molar-refractivity contribution in [1.29, 1.82) is 0 Å². The molecule has 51 heavy (non-hydrogen) atoms. The van der Waals surface area contributed by atoms with Crippen LogP contribution in [0.15, 0.2) is 95.8 Å². The van der Waals surface area contributed by atoms with Crippen molar-refractivity contribution >= 4 is 75.4 Å². The number of hydrogen-bond acceptors (Lipinski definition) is 13. The third kappa shape index (κ3) is 8.07. The summed E-state index contributed by atoms with van der Waals surface area (Å²) in [5.41, 5.74) is -4.25. The summed E-state index contributed by atoms with van der Waals surface area (Å²) in [7, 11) is -20.2. The van der Waals surface area contributed by atoms with Crippen LogP contribution in [0.1, 0.15) is 29.9 Å². The van der Waals surface area contributed by atoms with Gasteiger partial charge in [0.1, 0.15) is 21.2 Å². The number of carbonyl (C=O) groups excluding carboxylic acids is 3. The number of allylic oxidation sites excluding steroid dienone is 4. The van der Waals surface area contributed by atoms with Crippen LogP contribution in [0.3, 0.4) is 0 Å². The van der Waals surface area contributed by atoms with Gasteiger partial charge in [0.25, 0.3) is 51.9 Å². The maximum atomic E-state index is 13.3. The molecular formula is C27H22N4O16S4. The first-order chi connectivity index (χ1) is 23.3. The van der Waals surface area contributed by atoms with E-state index in [4.69, 9.17) is 0 Å². The molecule has 5 N–H and O–H groups in total. The molecule has 0 saturated heterocycles. The highest BCUT2D eigenvalue weighted by molar-refractivity contribution is 7.87. The summed E-state index contributed by atoms with van der Waals surface area (Å²) in [5, 5.41) is 6.44. The number of hydrazone groups is 1. The zero-order chi connectivity index (χ0) is 38.4. The van der Waals surface area contributed by atoms with E-state index < -0.39 is 106 Å². The van der Waals surface area contributed by atoms with Gasteiger partial charge in [0.15, 0.2) is 11.6 Å². The Bertz CT molecular complexity index is 2680. The number of rotatable bonds is 11. The number of benzene rings is 2. The molecule has 0 bridgehead atoms. The molecule has 1 aliphatic heterocycles.